The minimum atomic E-state index is -0.500. The van der Waals surface area contributed by atoms with E-state index in [9.17, 15) is 0 Å². The first-order valence-electron chi connectivity index (χ1n) is 19.0. The maximum absolute atomic E-state index is 2.44. The lowest BCUT2D eigenvalue weighted by Gasteiger charge is -2.35. The molecular weight excluding hydrogens is 665 g/mol. The summed E-state index contributed by atoms with van der Waals surface area (Å²) >= 11 is 0. The molecule has 0 unspecified atom stereocenters. The van der Waals surface area contributed by atoms with Crippen molar-refractivity contribution in [2.24, 2.45) is 0 Å². The molecule has 0 saturated carbocycles. The number of fused-ring (bicyclic) bond motifs is 8. The van der Waals surface area contributed by atoms with E-state index in [2.05, 4.69) is 228 Å². The monoisotopic (exact) mass is 700 g/mol. The van der Waals surface area contributed by atoms with Crippen molar-refractivity contribution in [2.75, 3.05) is 4.90 Å². The van der Waals surface area contributed by atoms with E-state index >= 15 is 0 Å². The van der Waals surface area contributed by atoms with Gasteiger partial charge in [0.2, 0.25) is 0 Å². The number of para-hydroxylation sites is 3. The molecule has 2 heteroatoms. The molecule has 0 bridgehead atoms. The van der Waals surface area contributed by atoms with Crippen LogP contribution >= 0.6 is 0 Å². The molecule has 0 N–H and O–H groups in total. The van der Waals surface area contributed by atoms with Crippen LogP contribution in [0.1, 0.15) is 22.3 Å². The molecule has 1 aliphatic rings. The topological polar surface area (TPSA) is 8.17 Å². The lowest BCUT2D eigenvalue weighted by atomic mass is 9.66. The minimum Gasteiger partial charge on any atom is -0.310 e. The second kappa shape index (κ2) is 12.5. The van der Waals surface area contributed by atoms with Crippen molar-refractivity contribution < 1.29 is 0 Å². The van der Waals surface area contributed by atoms with Gasteiger partial charge >= 0.3 is 0 Å². The Morgan fingerprint density at radius 2 is 0.927 bits per heavy atom. The molecule has 0 amide bonds. The Kier molecular flexibility index (Phi) is 7.11. The summed E-state index contributed by atoms with van der Waals surface area (Å²) in [6.07, 6.45) is 0. The van der Waals surface area contributed by atoms with E-state index in [-0.39, 0.29) is 0 Å². The molecule has 0 atom stereocenters. The van der Waals surface area contributed by atoms with Crippen LogP contribution in [-0.2, 0) is 5.41 Å². The first-order chi connectivity index (χ1) is 27.3. The van der Waals surface area contributed by atoms with Crippen molar-refractivity contribution in [3.63, 3.8) is 0 Å². The van der Waals surface area contributed by atoms with Crippen LogP contribution in [-0.4, -0.2) is 4.57 Å². The second-order valence-corrected chi connectivity index (χ2v) is 14.5. The zero-order valence-electron chi connectivity index (χ0n) is 30.2. The largest absolute Gasteiger partial charge is 0.310 e. The third kappa shape index (κ3) is 4.68. The highest BCUT2D eigenvalue weighted by molar-refractivity contribution is 6.10. The van der Waals surface area contributed by atoms with Gasteiger partial charge in [0, 0.05) is 33.5 Å². The lowest BCUT2D eigenvalue weighted by Crippen LogP contribution is -2.28. The highest BCUT2D eigenvalue weighted by Crippen LogP contribution is 2.58. The minimum absolute atomic E-state index is 0.500. The van der Waals surface area contributed by atoms with Gasteiger partial charge in [0.25, 0.3) is 0 Å². The zero-order chi connectivity index (χ0) is 36.3. The Balaban J connectivity index is 1.20. The molecule has 0 spiro atoms. The van der Waals surface area contributed by atoms with Gasteiger partial charge in [0.1, 0.15) is 0 Å². The summed E-state index contributed by atoms with van der Waals surface area (Å²) in [6, 6.07) is 80.0. The van der Waals surface area contributed by atoms with E-state index in [1.165, 1.54) is 66.0 Å². The molecule has 0 fully saturated rings. The number of hydrogen-bond donors (Lipinski definition) is 0. The van der Waals surface area contributed by atoms with Crippen LogP contribution in [0.15, 0.2) is 218 Å². The summed E-state index contributed by atoms with van der Waals surface area (Å²) in [5, 5.41) is 4.96. The van der Waals surface area contributed by atoms with Gasteiger partial charge in [-0.05, 0) is 98.8 Å². The van der Waals surface area contributed by atoms with Gasteiger partial charge in [-0.25, -0.2) is 0 Å². The summed E-state index contributed by atoms with van der Waals surface area (Å²) < 4.78 is 2.40. The lowest BCUT2D eigenvalue weighted by molar-refractivity contribution is 0.775. The first-order valence-corrected chi connectivity index (χ1v) is 19.0. The molecule has 11 rings (SSSR count). The molecule has 0 saturated heterocycles. The summed E-state index contributed by atoms with van der Waals surface area (Å²) in [4.78, 5) is 2.42. The molecule has 1 heterocycles. The van der Waals surface area contributed by atoms with E-state index in [4.69, 9.17) is 0 Å². The molecular formula is C53H36N2. The molecule has 258 valence electrons. The fourth-order valence-electron chi connectivity index (χ4n) is 9.38. The zero-order valence-corrected chi connectivity index (χ0v) is 30.2. The highest BCUT2D eigenvalue weighted by atomic mass is 15.1. The van der Waals surface area contributed by atoms with Crippen LogP contribution in [0, 0.1) is 0 Å². The molecule has 10 aromatic rings. The summed E-state index contributed by atoms with van der Waals surface area (Å²) in [5.41, 5.74) is 14.1. The highest BCUT2D eigenvalue weighted by Gasteiger charge is 2.47. The van der Waals surface area contributed by atoms with Crippen molar-refractivity contribution in [3.05, 3.63) is 241 Å². The number of aromatic nitrogens is 1. The summed E-state index contributed by atoms with van der Waals surface area (Å²) in [7, 11) is 0. The fraction of sp³-hybridized carbons (Fsp3) is 0.0189. The van der Waals surface area contributed by atoms with Crippen molar-refractivity contribution in [3.8, 4) is 16.8 Å². The summed E-state index contributed by atoms with van der Waals surface area (Å²) in [6.45, 7) is 0. The normalized spacial score (nSPS) is 12.9. The maximum atomic E-state index is 2.44. The van der Waals surface area contributed by atoms with Crippen LogP contribution < -0.4 is 4.90 Å². The SMILES string of the molecule is c1ccc(N(c2ccc3ccc4c(c3c2)C(c2ccccc2)(c2ccccc2)c2ccccc2-4)c2ccc3c4ccccc4n(-c4ccccc4)c3c2)cc1. The Hall–Kier alpha value is -7.16. The molecule has 55 heavy (non-hydrogen) atoms. The Bertz CT molecular complexity index is 2980. The average Bonchev–Trinajstić information content (AvgIpc) is 3.76. The van der Waals surface area contributed by atoms with E-state index in [0.29, 0.717) is 0 Å². The predicted molar refractivity (Wildman–Crippen MR) is 230 cm³/mol. The number of rotatable bonds is 6. The van der Waals surface area contributed by atoms with Crippen molar-refractivity contribution in [1.82, 2.24) is 4.57 Å². The first kappa shape index (κ1) is 31.4. The average molecular weight is 701 g/mol. The van der Waals surface area contributed by atoms with E-state index in [0.717, 1.165) is 22.7 Å². The second-order valence-electron chi connectivity index (χ2n) is 14.5. The molecule has 0 aliphatic heterocycles. The van der Waals surface area contributed by atoms with E-state index in [1.54, 1.807) is 0 Å². The van der Waals surface area contributed by atoms with Crippen molar-refractivity contribution in [1.29, 1.82) is 0 Å². The number of anilines is 3. The maximum Gasteiger partial charge on any atom is 0.0719 e. The van der Waals surface area contributed by atoms with Gasteiger partial charge in [-0.2, -0.15) is 0 Å². The molecule has 0 radical (unpaired) electrons. The van der Waals surface area contributed by atoms with Crippen molar-refractivity contribution >= 4 is 49.6 Å². The van der Waals surface area contributed by atoms with Gasteiger partial charge in [0.15, 0.2) is 0 Å². The molecule has 1 aliphatic carbocycles. The molecule has 2 nitrogen and oxygen atoms in total. The fourth-order valence-corrected chi connectivity index (χ4v) is 9.38. The van der Waals surface area contributed by atoms with Gasteiger partial charge in [0.05, 0.1) is 16.4 Å². The Morgan fingerprint density at radius 3 is 1.67 bits per heavy atom. The van der Waals surface area contributed by atoms with E-state index in [1.807, 2.05) is 0 Å². The third-order valence-electron chi connectivity index (χ3n) is 11.6. The van der Waals surface area contributed by atoms with Crippen LogP contribution in [0.3, 0.4) is 0 Å². The summed E-state index contributed by atoms with van der Waals surface area (Å²) in [5.74, 6) is 0. The molecule has 9 aromatic carbocycles. The van der Waals surface area contributed by atoms with Crippen molar-refractivity contribution in [2.45, 2.75) is 5.41 Å². The van der Waals surface area contributed by atoms with Crippen LogP contribution in [0.4, 0.5) is 17.1 Å². The Labute approximate surface area is 320 Å². The van der Waals surface area contributed by atoms with Crippen LogP contribution in [0.25, 0.3) is 49.4 Å². The number of hydrogen-bond acceptors (Lipinski definition) is 1. The third-order valence-corrected chi connectivity index (χ3v) is 11.6. The van der Waals surface area contributed by atoms with Crippen LogP contribution in [0.2, 0.25) is 0 Å². The number of benzene rings is 9. The standard InChI is InChI=1S/C53H36N2/c1-5-17-38(18-6-1)53(39-19-7-2-8-20-39)49-27-15-13-25-44(49)47-33-30-37-29-31-42(35-48(37)52(47)53)54(40-21-9-3-10-22-40)43-32-34-46-45-26-14-16-28-50(45)55(51(46)36-43)41-23-11-4-12-24-41/h1-36H. The van der Waals surface area contributed by atoms with Gasteiger partial charge in [-0.15, -0.1) is 0 Å². The van der Waals surface area contributed by atoms with Gasteiger partial charge in [-0.1, -0.05) is 164 Å². The predicted octanol–water partition coefficient (Wildman–Crippen LogP) is 13.8. The quantitative estimate of drug-likeness (QED) is 0.168. The van der Waals surface area contributed by atoms with Gasteiger partial charge < -0.3 is 9.47 Å². The van der Waals surface area contributed by atoms with Gasteiger partial charge in [-0.3, -0.25) is 0 Å². The molecule has 1 aromatic heterocycles. The van der Waals surface area contributed by atoms with E-state index < -0.39 is 5.41 Å². The Morgan fingerprint density at radius 1 is 0.364 bits per heavy atom. The smallest absolute Gasteiger partial charge is 0.0719 e. The number of nitrogens with zero attached hydrogens (tertiary/aromatic N) is 2. The van der Waals surface area contributed by atoms with Crippen LogP contribution in [0.5, 0.6) is 0 Å².